The maximum atomic E-state index is 12.4. The molecule has 2 aromatic carbocycles. The number of phenols is 1. The molecule has 0 aromatic heterocycles. The maximum Gasteiger partial charge on any atom is 0.266 e. The maximum absolute atomic E-state index is 12.4. The van der Waals surface area contributed by atoms with E-state index in [4.69, 9.17) is 21.1 Å². The number of carbonyl (C=O) groups is 1. The molecule has 0 atom stereocenters. The van der Waals surface area contributed by atoms with Crippen LogP contribution in [0.25, 0.3) is 6.08 Å². The monoisotopic (exact) mass is 386 g/mol. The third-order valence-corrected chi connectivity index (χ3v) is 3.75. The van der Waals surface area contributed by atoms with Crippen molar-refractivity contribution in [2.45, 2.75) is 13.8 Å². The molecule has 0 aliphatic heterocycles. The molecule has 0 bridgehead atoms. The highest BCUT2D eigenvalue weighted by molar-refractivity contribution is 6.32. The van der Waals surface area contributed by atoms with E-state index in [2.05, 4.69) is 5.32 Å². The molecule has 0 heterocycles. The third kappa shape index (κ3) is 5.40. The summed E-state index contributed by atoms with van der Waals surface area (Å²) in [7, 11) is 0. The number of nitrogens with zero attached hydrogens (tertiary/aromatic N) is 1. The smallest absolute Gasteiger partial charge is 0.266 e. The topological polar surface area (TPSA) is 91.6 Å². The molecular weight excluding hydrogens is 368 g/mol. The molecule has 0 saturated heterocycles. The fraction of sp³-hybridized carbons (Fsp3) is 0.200. The highest BCUT2D eigenvalue weighted by atomic mass is 35.5. The van der Waals surface area contributed by atoms with Crippen molar-refractivity contribution in [2.24, 2.45) is 0 Å². The molecule has 0 radical (unpaired) electrons. The Hall–Kier alpha value is -3.17. The number of hydrogen-bond donors (Lipinski definition) is 2. The van der Waals surface area contributed by atoms with Crippen molar-refractivity contribution >= 4 is 29.3 Å². The Labute approximate surface area is 162 Å². The van der Waals surface area contributed by atoms with E-state index in [-0.39, 0.29) is 11.3 Å². The van der Waals surface area contributed by atoms with Crippen LogP contribution in [0.3, 0.4) is 0 Å². The third-order valence-electron chi connectivity index (χ3n) is 3.45. The van der Waals surface area contributed by atoms with Gasteiger partial charge in [-0.3, -0.25) is 4.79 Å². The zero-order chi connectivity index (χ0) is 19.8. The van der Waals surface area contributed by atoms with Crippen LogP contribution in [0.4, 0.5) is 5.69 Å². The first-order valence-corrected chi connectivity index (χ1v) is 8.67. The quantitative estimate of drug-likeness (QED) is 0.418. The van der Waals surface area contributed by atoms with Gasteiger partial charge in [-0.1, -0.05) is 11.6 Å². The summed E-state index contributed by atoms with van der Waals surface area (Å²) in [5, 5.41) is 21.6. The van der Waals surface area contributed by atoms with E-state index >= 15 is 0 Å². The fourth-order valence-electron chi connectivity index (χ4n) is 2.26. The van der Waals surface area contributed by atoms with E-state index in [0.29, 0.717) is 41.0 Å². The van der Waals surface area contributed by atoms with Gasteiger partial charge in [0.05, 0.1) is 18.2 Å². The number of phenolic OH excluding ortho intramolecular Hbond substituents is 1. The van der Waals surface area contributed by atoms with Crippen molar-refractivity contribution in [3.63, 3.8) is 0 Å². The molecule has 1 amide bonds. The minimum atomic E-state index is -0.587. The molecule has 0 fully saturated rings. The Kier molecular flexibility index (Phi) is 7.09. The summed E-state index contributed by atoms with van der Waals surface area (Å²) in [5.74, 6) is 0.410. The second-order valence-electron chi connectivity index (χ2n) is 5.36. The van der Waals surface area contributed by atoms with Gasteiger partial charge in [-0.25, -0.2) is 0 Å². The van der Waals surface area contributed by atoms with E-state index in [1.54, 1.807) is 12.1 Å². The molecule has 6 nitrogen and oxygen atoms in total. The average Bonchev–Trinajstić information content (AvgIpc) is 2.65. The van der Waals surface area contributed by atoms with Crippen molar-refractivity contribution in [3.8, 4) is 23.3 Å². The highest BCUT2D eigenvalue weighted by Gasteiger charge is 2.14. The second kappa shape index (κ2) is 9.51. The highest BCUT2D eigenvalue weighted by Crippen LogP contribution is 2.34. The number of hydrogen-bond acceptors (Lipinski definition) is 5. The van der Waals surface area contributed by atoms with Crippen LogP contribution in [-0.4, -0.2) is 24.2 Å². The van der Waals surface area contributed by atoms with E-state index in [1.807, 2.05) is 19.9 Å². The lowest BCUT2D eigenvalue weighted by Crippen LogP contribution is -2.13. The lowest BCUT2D eigenvalue weighted by molar-refractivity contribution is -0.112. The van der Waals surface area contributed by atoms with Crippen molar-refractivity contribution < 1.29 is 19.4 Å². The number of nitriles is 1. The van der Waals surface area contributed by atoms with Crippen LogP contribution in [0.1, 0.15) is 19.4 Å². The normalized spacial score (nSPS) is 10.8. The summed E-state index contributed by atoms with van der Waals surface area (Å²) in [4.78, 5) is 12.4. The Morgan fingerprint density at radius 2 is 1.81 bits per heavy atom. The molecule has 7 heteroatoms. The van der Waals surface area contributed by atoms with Gasteiger partial charge in [-0.05, 0) is 50.3 Å². The number of anilines is 1. The summed E-state index contributed by atoms with van der Waals surface area (Å²) >= 11 is 6.21. The number of carbonyl (C=O) groups excluding carboxylic acids is 1. The first-order chi connectivity index (χ1) is 13.0. The molecule has 0 saturated carbocycles. The largest absolute Gasteiger partial charge is 0.508 e. The molecule has 0 aliphatic carbocycles. The van der Waals surface area contributed by atoms with Crippen molar-refractivity contribution in [2.75, 3.05) is 18.5 Å². The molecular formula is C20H19ClN2O4. The predicted molar refractivity (Wildman–Crippen MR) is 104 cm³/mol. The van der Waals surface area contributed by atoms with Gasteiger partial charge in [0.25, 0.3) is 5.91 Å². The van der Waals surface area contributed by atoms with Crippen molar-refractivity contribution in [1.82, 2.24) is 0 Å². The lowest BCUT2D eigenvalue weighted by Gasteiger charge is -2.12. The van der Waals surface area contributed by atoms with E-state index in [0.717, 1.165) is 0 Å². The lowest BCUT2D eigenvalue weighted by atomic mass is 10.1. The van der Waals surface area contributed by atoms with Gasteiger partial charge >= 0.3 is 0 Å². The second-order valence-corrected chi connectivity index (χ2v) is 5.76. The first-order valence-electron chi connectivity index (χ1n) is 8.29. The number of rotatable bonds is 7. The molecule has 140 valence electrons. The van der Waals surface area contributed by atoms with Crippen LogP contribution in [0.5, 0.6) is 17.2 Å². The molecule has 0 unspecified atom stereocenters. The predicted octanol–water partition coefficient (Wildman–Crippen LogP) is 4.39. The molecule has 0 aliphatic rings. The van der Waals surface area contributed by atoms with Gasteiger partial charge in [-0.2, -0.15) is 5.26 Å². The molecule has 2 aromatic rings. The number of ether oxygens (including phenoxy) is 2. The van der Waals surface area contributed by atoms with Crippen LogP contribution in [0, 0.1) is 11.3 Å². The van der Waals surface area contributed by atoms with Crippen molar-refractivity contribution in [1.29, 1.82) is 5.26 Å². The summed E-state index contributed by atoms with van der Waals surface area (Å²) in [6.45, 7) is 4.51. The van der Waals surface area contributed by atoms with E-state index in [1.165, 1.54) is 30.3 Å². The van der Waals surface area contributed by atoms with Gasteiger partial charge in [0, 0.05) is 17.3 Å². The average molecular weight is 387 g/mol. The van der Waals surface area contributed by atoms with Crippen LogP contribution >= 0.6 is 11.6 Å². The molecule has 2 rings (SSSR count). The number of nitrogens with one attached hydrogen (secondary N) is 1. The van der Waals surface area contributed by atoms with Crippen LogP contribution in [-0.2, 0) is 4.79 Å². The number of aromatic hydroxyl groups is 1. The number of halogens is 1. The molecule has 2 N–H and O–H groups in total. The summed E-state index contributed by atoms with van der Waals surface area (Å²) in [5.41, 5.74) is 0.820. The molecule has 27 heavy (non-hydrogen) atoms. The Bertz CT molecular complexity index is 886. The van der Waals surface area contributed by atoms with Gasteiger partial charge < -0.3 is 19.9 Å². The Morgan fingerprint density at radius 1 is 1.19 bits per heavy atom. The number of amides is 1. The SMILES string of the molecule is CCOc1cc(OCC)c(/C=C(\C#N)C(=O)Nc2ccc(O)cc2)cc1Cl. The summed E-state index contributed by atoms with van der Waals surface area (Å²) in [6, 6.07) is 11.0. The standard InChI is InChI=1S/C20H19ClN2O4/c1-3-26-18-11-19(27-4-2)17(21)10-13(18)9-14(12-22)20(25)23-15-5-7-16(24)8-6-15/h5-11,24H,3-4H2,1-2H3,(H,23,25)/b14-9+. The van der Waals surface area contributed by atoms with E-state index in [9.17, 15) is 15.2 Å². The van der Waals surface area contributed by atoms with Gasteiger partial charge in [0.2, 0.25) is 0 Å². The zero-order valence-electron chi connectivity index (χ0n) is 15.0. The Balaban J connectivity index is 2.35. The zero-order valence-corrected chi connectivity index (χ0v) is 15.7. The van der Waals surface area contributed by atoms with Crippen molar-refractivity contribution in [3.05, 3.63) is 52.6 Å². The summed E-state index contributed by atoms with van der Waals surface area (Å²) in [6.07, 6.45) is 1.41. The Morgan fingerprint density at radius 3 is 2.41 bits per heavy atom. The van der Waals surface area contributed by atoms with Gasteiger partial charge in [0.15, 0.2) is 0 Å². The minimum Gasteiger partial charge on any atom is -0.508 e. The van der Waals surface area contributed by atoms with E-state index < -0.39 is 5.91 Å². The minimum absolute atomic E-state index is 0.0782. The van der Waals surface area contributed by atoms with Crippen LogP contribution in [0.15, 0.2) is 42.0 Å². The van der Waals surface area contributed by atoms with Crippen LogP contribution < -0.4 is 14.8 Å². The number of benzene rings is 2. The van der Waals surface area contributed by atoms with Crippen LogP contribution in [0.2, 0.25) is 5.02 Å². The summed E-state index contributed by atoms with van der Waals surface area (Å²) < 4.78 is 11.0. The fourth-order valence-corrected chi connectivity index (χ4v) is 2.48. The van der Waals surface area contributed by atoms with Gasteiger partial charge in [0.1, 0.15) is 28.9 Å². The van der Waals surface area contributed by atoms with Gasteiger partial charge in [-0.15, -0.1) is 0 Å². The molecule has 0 spiro atoms. The first kappa shape index (κ1) is 20.1.